The van der Waals surface area contributed by atoms with Crippen LogP contribution in [-0.2, 0) is 6.61 Å². The maximum atomic E-state index is 10.8. The molecule has 4 nitrogen and oxygen atoms in total. The Morgan fingerprint density at radius 2 is 2.00 bits per heavy atom. The molecule has 0 saturated heterocycles. The van der Waals surface area contributed by atoms with Crippen LogP contribution < -0.4 is 4.74 Å². The summed E-state index contributed by atoms with van der Waals surface area (Å²) in [6, 6.07) is 13.6. The van der Waals surface area contributed by atoms with Crippen molar-refractivity contribution in [2.75, 3.05) is 0 Å². The Morgan fingerprint density at radius 3 is 2.79 bits per heavy atom. The summed E-state index contributed by atoms with van der Waals surface area (Å²) in [5.74, 6) is 0.666. The summed E-state index contributed by atoms with van der Waals surface area (Å²) in [6.07, 6.45) is 4.25. The molecule has 0 N–H and O–H groups in total. The van der Waals surface area contributed by atoms with E-state index in [0.29, 0.717) is 23.7 Å². The molecule has 0 unspecified atom stereocenters. The molecule has 2 heterocycles. The number of hydrogen-bond donors (Lipinski definition) is 0. The Kier molecular flexibility index (Phi) is 2.98. The number of imidazole rings is 1. The van der Waals surface area contributed by atoms with Gasteiger partial charge in [-0.3, -0.25) is 4.79 Å². The van der Waals surface area contributed by atoms with E-state index in [1.807, 2.05) is 48.7 Å². The molecule has 0 spiro atoms. The first kappa shape index (κ1) is 11.5. The van der Waals surface area contributed by atoms with E-state index in [4.69, 9.17) is 4.74 Å². The fourth-order valence-electron chi connectivity index (χ4n) is 1.91. The molecule has 0 aliphatic heterocycles. The molecule has 94 valence electrons. The molecule has 19 heavy (non-hydrogen) atoms. The van der Waals surface area contributed by atoms with Gasteiger partial charge in [0.1, 0.15) is 12.3 Å². The number of nitrogens with zero attached hydrogens (tertiary/aromatic N) is 2. The highest BCUT2D eigenvalue weighted by molar-refractivity contribution is 5.74. The number of fused-ring (bicyclic) bond motifs is 1. The maximum absolute atomic E-state index is 10.8. The van der Waals surface area contributed by atoms with Crippen molar-refractivity contribution in [1.29, 1.82) is 0 Å². The summed E-state index contributed by atoms with van der Waals surface area (Å²) >= 11 is 0. The Balaban J connectivity index is 1.88. The van der Waals surface area contributed by atoms with Crippen molar-refractivity contribution in [1.82, 2.24) is 9.38 Å². The predicted molar refractivity (Wildman–Crippen MR) is 71.4 cm³/mol. The first-order valence-electron chi connectivity index (χ1n) is 5.96. The molecular formula is C15H12N2O2. The number of pyridine rings is 1. The highest BCUT2D eigenvalue weighted by Crippen LogP contribution is 2.19. The number of aldehydes is 1. The maximum Gasteiger partial charge on any atom is 0.180 e. The van der Waals surface area contributed by atoms with Gasteiger partial charge >= 0.3 is 0 Å². The minimum Gasteiger partial charge on any atom is -0.485 e. The van der Waals surface area contributed by atoms with E-state index in [1.54, 1.807) is 10.6 Å². The predicted octanol–water partition coefficient (Wildman–Crippen LogP) is 2.73. The molecule has 4 heteroatoms. The van der Waals surface area contributed by atoms with Crippen molar-refractivity contribution >= 4 is 11.9 Å². The van der Waals surface area contributed by atoms with Crippen molar-refractivity contribution in [3.05, 3.63) is 66.1 Å². The third-order valence-electron chi connectivity index (χ3n) is 2.82. The van der Waals surface area contributed by atoms with Crippen molar-refractivity contribution < 1.29 is 9.53 Å². The fraction of sp³-hybridized carbons (Fsp3) is 0.0667. The number of carbonyl (C=O) groups is 1. The van der Waals surface area contributed by atoms with Crippen LogP contribution in [0.4, 0.5) is 0 Å². The van der Waals surface area contributed by atoms with Gasteiger partial charge in [-0.15, -0.1) is 0 Å². The molecular weight excluding hydrogens is 240 g/mol. The summed E-state index contributed by atoms with van der Waals surface area (Å²) in [4.78, 5) is 15.0. The molecule has 1 aromatic carbocycles. The lowest BCUT2D eigenvalue weighted by molar-refractivity contribution is 0.111. The average Bonchev–Trinajstić information content (AvgIpc) is 2.90. The van der Waals surface area contributed by atoms with Gasteiger partial charge in [-0.2, -0.15) is 0 Å². The monoisotopic (exact) mass is 252 g/mol. The van der Waals surface area contributed by atoms with Gasteiger partial charge in [-0.05, 0) is 17.7 Å². The van der Waals surface area contributed by atoms with Crippen LogP contribution in [0.2, 0.25) is 0 Å². The summed E-state index contributed by atoms with van der Waals surface area (Å²) < 4.78 is 7.55. The van der Waals surface area contributed by atoms with E-state index >= 15 is 0 Å². The largest absolute Gasteiger partial charge is 0.485 e. The highest BCUT2D eigenvalue weighted by Gasteiger charge is 2.06. The number of benzene rings is 1. The molecule has 3 aromatic rings. The Hall–Kier alpha value is -2.62. The van der Waals surface area contributed by atoms with Crippen molar-refractivity contribution in [3.8, 4) is 5.75 Å². The zero-order valence-corrected chi connectivity index (χ0v) is 10.2. The molecule has 0 radical (unpaired) electrons. The van der Waals surface area contributed by atoms with E-state index in [-0.39, 0.29) is 0 Å². The quantitative estimate of drug-likeness (QED) is 0.670. The number of carbonyl (C=O) groups excluding carboxylic acids is 1. The van der Waals surface area contributed by atoms with Gasteiger partial charge in [-0.1, -0.05) is 30.3 Å². The van der Waals surface area contributed by atoms with Gasteiger partial charge in [0.25, 0.3) is 0 Å². The molecule has 0 bridgehead atoms. The summed E-state index contributed by atoms with van der Waals surface area (Å²) in [7, 11) is 0. The van der Waals surface area contributed by atoms with Gasteiger partial charge in [0.15, 0.2) is 17.7 Å². The minimum absolute atomic E-state index is 0.399. The molecule has 0 atom stereocenters. The third kappa shape index (κ3) is 2.33. The van der Waals surface area contributed by atoms with E-state index in [2.05, 4.69) is 4.98 Å². The SMILES string of the molecule is O=Cc1cn2cccc(OCc3ccccc3)c2n1. The number of aromatic nitrogens is 2. The van der Waals surface area contributed by atoms with Crippen LogP contribution in [0.1, 0.15) is 16.1 Å². The molecule has 0 aliphatic carbocycles. The number of hydrogen-bond acceptors (Lipinski definition) is 3. The zero-order chi connectivity index (χ0) is 13.1. The van der Waals surface area contributed by atoms with Crippen LogP contribution in [0.25, 0.3) is 5.65 Å². The van der Waals surface area contributed by atoms with Gasteiger partial charge in [0, 0.05) is 12.4 Å². The summed E-state index contributed by atoms with van der Waals surface area (Å²) in [6.45, 7) is 0.476. The van der Waals surface area contributed by atoms with Crippen molar-refractivity contribution in [2.45, 2.75) is 6.61 Å². The van der Waals surface area contributed by atoms with Gasteiger partial charge in [0.2, 0.25) is 0 Å². The van der Waals surface area contributed by atoms with E-state index in [1.165, 1.54) is 0 Å². The molecule has 0 amide bonds. The summed E-state index contributed by atoms with van der Waals surface area (Å²) in [5, 5.41) is 0. The van der Waals surface area contributed by atoms with Gasteiger partial charge < -0.3 is 9.14 Å². The Morgan fingerprint density at radius 1 is 1.16 bits per heavy atom. The summed E-state index contributed by atoms with van der Waals surface area (Å²) in [5.41, 5.74) is 2.14. The normalized spacial score (nSPS) is 10.5. The van der Waals surface area contributed by atoms with Crippen LogP contribution in [-0.4, -0.2) is 15.7 Å². The van der Waals surface area contributed by atoms with Crippen molar-refractivity contribution in [2.24, 2.45) is 0 Å². The van der Waals surface area contributed by atoms with Gasteiger partial charge in [0.05, 0.1) is 0 Å². The highest BCUT2D eigenvalue weighted by atomic mass is 16.5. The standard InChI is InChI=1S/C15H12N2O2/c18-10-13-9-17-8-4-7-14(15(17)16-13)19-11-12-5-2-1-3-6-12/h1-10H,11H2. The minimum atomic E-state index is 0.399. The number of ether oxygens (including phenoxy) is 1. The second-order valence-corrected chi connectivity index (χ2v) is 4.16. The third-order valence-corrected chi connectivity index (χ3v) is 2.82. The first-order chi connectivity index (χ1) is 9.36. The second-order valence-electron chi connectivity index (χ2n) is 4.16. The molecule has 3 rings (SSSR count). The second kappa shape index (κ2) is 4.94. The van der Waals surface area contributed by atoms with Crippen LogP contribution in [0.3, 0.4) is 0 Å². The zero-order valence-electron chi connectivity index (χ0n) is 10.2. The lowest BCUT2D eigenvalue weighted by Gasteiger charge is -2.07. The number of rotatable bonds is 4. The Labute approximate surface area is 110 Å². The van der Waals surface area contributed by atoms with Crippen LogP contribution in [0, 0.1) is 0 Å². The van der Waals surface area contributed by atoms with E-state index < -0.39 is 0 Å². The van der Waals surface area contributed by atoms with Crippen molar-refractivity contribution in [3.63, 3.8) is 0 Å². The topological polar surface area (TPSA) is 43.6 Å². The smallest absolute Gasteiger partial charge is 0.180 e. The Bertz CT molecular complexity index is 704. The molecule has 0 saturated carbocycles. The van der Waals surface area contributed by atoms with Gasteiger partial charge in [-0.25, -0.2) is 4.98 Å². The van der Waals surface area contributed by atoms with Crippen LogP contribution >= 0.6 is 0 Å². The molecule has 2 aromatic heterocycles. The lowest BCUT2D eigenvalue weighted by Crippen LogP contribution is -1.97. The van der Waals surface area contributed by atoms with E-state index in [9.17, 15) is 4.79 Å². The lowest BCUT2D eigenvalue weighted by atomic mass is 10.2. The fourth-order valence-corrected chi connectivity index (χ4v) is 1.91. The van der Waals surface area contributed by atoms with Crippen LogP contribution in [0.15, 0.2) is 54.9 Å². The molecule has 0 fully saturated rings. The molecule has 0 aliphatic rings. The van der Waals surface area contributed by atoms with E-state index in [0.717, 1.165) is 11.8 Å². The first-order valence-corrected chi connectivity index (χ1v) is 5.96. The van der Waals surface area contributed by atoms with Crippen LogP contribution in [0.5, 0.6) is 5.75 Å². The average molecular weight is 252 g/mol.